The van der Waals surface area contributed by atoms with Crippen molar-refractivity contribution in [2.24, 2.45) is 0 Å². The van der Waals surface area contributed by atoms with Crippen LogP contribution in [-0.4, -0.2) is 6.61 Å². The third-order valence-electron chi connectivity index (χ3n) is 2.03. The Labute approximate surface area is 97.9 Å². The SMILES string of the molecule is Fc1ccc(Br)c2c1C(I)CCO2. The minimum Gasteiger partial charge on any atom is -0.492 e. The fraction of sp³-hybridized carbons (Fsp3) is 0.333. The van der Waals surface area contributed by atoms with Crippen molar-refractivity contribution in [3.63, 3.8) is 0 Å². The van der Waals surface area contributed by atoms with Crippen molar-refractivity contribution in [2.75, 3.05) is 6.61 Å². The quantitative estimate of drug-likeness (QED) is 0.507. The maximum atomic E-state index is 13.4. The van der Waals surface area contributed by atoms with Crippen LogP contribution in [0.2, 0.25) is 0 Å². The van der Waals surface area contributed by atoms with Crippen LogP contribution < -0.4 is 4.74 Å². The van der Waals surface area contributed by atoms with Crippen molar-refractivity contribution < 1.29 is 9.13 Å². The summed E-state index contributed by atoms with van der Waals surface area (Å²) in [6, 6.07) is 3.16. The van der Waals surface area contributed by atoms with Gasteiger partial charge >= 0.3 is 0 Å². The van der Waals surface area contributed by atoms with E-state index in [1.165, 1.54) is 6.07 Å². The van der Waals surface area contributed by atoms with E-state index in [1.807, 2.05) is 0 Å². The van der Waals surface area contributed by atoms with Gasteiger partial charge in [-0.15, -0.1) is 0 Å². The Kier molecular flexibility index (Phi) is 2.78. The lowest BCUT2D eigenvalue weighted by Gasteiger charge is -2.23. The van der Waals surface area contributed by atoms with Gasteiger partial charge < -0.3 is 4.74 Å². The minimum absolute atomic E-state index is 0.169. The summed E-state index contributed by atoms with van der Waals surface area (Å²) in [6.07, 6.45) is 0.876. The molecule has 0 N–H and O–H groups in total. The molecule has 0 radical (unpaired) electrons. The van der Waals surface area contributed by atoms with Crippen LogP contribution in [0.3, 0.4) is 0 Å². The van der Waals surface area contributed by atoms with Crippen LogP contribution in [-0.2, 0) is 0 Å². The molecule has 0 saturated heterocycles. The molecule has 0 fully saturated rings. The van der Waals surface area contributed by atoms with E-state index in [2.05, 4.69) is 38.5 Å². The minimum atomic E-state index is -0.169. The number of rotatable bonds is 0. The predicted molar refractivity (Wildman–Crippen MR) is 61.0 cm³/mol. The van der Waals surface area contributed by atoms with Gasteiger partial charge in [0.1, 0.15) is 11.6 Å². The van der Waals surface area contributed by atoms with Gasteiger partial charge in [0.2, 0.25) is 0 Å². The van der Waals surface area contributed by atoms with E-state index in [0.717, 1.165) is 10.9 Å². The van der Waals surface area contributed by atoms with Crippen LogP contribution in [0.5, 0.6) is 5.75 Å². The van der Waals surface area contributed by atoms with E-state index in [4.69, 9.17) is 4.74 Å². The normalized spacial score (nSPS) is 20.7. The van der Waals surface area contributed by atoms with Gasteiger partial charge in [-0.1, -0.05) is 22.6 Å². The molecule has 0 amide bonds. The van der Waals surface area contributed by atoms with E-state index in [-0.39, 0.29) is 9.74 Å². The standard InChI is InChI=1S/C9H7BrFIO/c10-5-1-2-6(11)8-7(12)3-4-13-9(5)8/h1-2,7H,3-4H2. The summed E-state index contributed by atoms with van der Waals surface area (Å²) in [5.74, 6) is 0.503. The second-order valence-corrected chi connectivity index (χ2v) is 5.23. The molecule has 0 saturated carbocycles. The number of benzene rings is 1. The number of fused-ring (bicyclic) bond motifs is 1. The second kappa shape index (κ2) is 3.73. The monoisotopic (exact) mass is 356 g/mol. The highest BCUT2D eigenvalue weighted by molar-refractivity contribution is 14.1. The Morgan fingerprint density at radius 3 is 3.00 bits per heavy atom. The first-order valence-electron chi connectivity index (χ1n) is 3.95. The van der Waals surface area contributed by atoms with E-state index >= 15 is 0 Å². The number of hydrogen-bond donors (Lipinski definition) is 0. The molecule has 1 nitrogen and oxygen atoms in total. The van der Waals surface area contributed by atoms with E-state index < -0.39 is 0 Å². The van der Waals surface area contributed by atoms with E-state index in [9.17, 15) is 4.39 Å². The van der Waals surface area contributed by atoms with Crippen LogP contribution in [0.25, 0.3) is 0 Å². The maximum Gasteiger partial charge on any atom is 0.140 e. The van der Waals surface area contributed by atoms with Gasteiger partial charge in [0.25, 0.3) is 0 Å². The van der Waals surface area contributed by atoms with Gasteiger partial charge in [0.05, 0.1) is 11.1 Å². The van der Waals surface area contributed by atoms with Crippen LogP contribution >= 0.6 is 38.5 Å². The van der Waals surface area contributed by atoms with Gasteiger partial charge in [-0.2, -0.15) is 0 Å². The summed E-state index contributed by atoms with van der Waals surface area (Å²) in [5, 5.41) is 0. The van der Waals surface area contributed by atoms with Gasteiger partial charge in [-0.05, 0) is 34.5 Å². The van der Waals surface area contributed by atoms with E-state index in [1.54, 1.807) is 6.07 Å². The van der Waals surface area contributed by atoms with Gasteiger partial charge in [-0.3, -0.25) is 0 Å². The smallest absolute Gasteiger partial charge is 0.140 e. The van der Waals surface area contributed by atoms with Crippen molar-refractivity contribution in [3.05, 3.63) is 28.0 Å². The molecule has 0 spiro atoms. The summed E-state index contributed by atoms with van der Waals surface area (Å²) in [6.45, 7) is 0.669. The molecule has 0 bridgehead atoms. The molecule has 1 unspecified atom stereocenters. The summed E-state index contributed by atoms with van der Waals surface area (Å²) in [4.78, 5) is 0. The molecule has 0 aromatic heterocycles. The molecule has 1 aromatic carbocycles. The molecule has 1 heterocycles. The molecule has 13 heavy (non-hydrogen) atoms. The number of ether oxygens (including phenoxy) is 1. The highest BCUT2D eigenvalue weighted by Crippen LogP contribution is 2.43. The molecule has 0 aliphatic carbocycles. The Hall–Kier alpha value is 0.160. The van der Waals surface area contributed by atoms with Crippen molar-refractivity contribution >= 4 is 38.5 Å². The maximum absolute atomic E-state index is 13.4. The fourth-order valence-corrected chi connectivity index (χ4v) is 2.69. The van der Waals surface area contributed by atoms with Gasteiger partial charge in [0.15, 0.2) is 0 Å². The molecule has 1 aliphatic rings. The second-order valence-electron chi connectivity index (χ2n) is 2.88. The molecular weight excluding hydrogens is 350 g/mol. The summed E-state index contributed by atoms with van der Waals surface area (Å²) < 4.78 is 19.9. The lowest BCUT2D eigenvalue weighted by atomic mass is 10.1. The molecule has 1 aliphatic heterocycles. The number of hydrogen-bond acceptors (Lipinski definition) is 1. The molecular formula is C9H7BrFIO. The van der Waals surface area contributed by atoms with Crippen molar-refractivity contribution in [1.82, 2.24) is 0 Å². The summed E-state index contributed by atoms with van der Waals surface area (Å²) in [5.41, 5.74) is 0.696. The average molecular weight is 357 g/mol. The number of alkyl halides is 1. The van der Waals surface area contributed by atoms with Crippen molar-refractivity contribution in [1.29, 1.82) is 0 Å². The predicted octanol–water partition coefficient (Wildman–Crippen LogP) is 3.85. The third kappa shape index (κ3) is 1.70. The Bertz CT molecular complexity index is 343. The molecule has 70 valence electrons. The zero-order valence-corrected chi connectivity index (χ0v) is 10.4. The van der Waals surface area contributed by atoms with Crippen LogP contribution in [0.15, 0.2) is 16.6 Å². The Balaban J connectivity index is 2.60. The lowest BCUT2D eigenvalue weighted by Crippen LogP contribution is -2.12. The first-order valence-corrected chi connectivity index (χ1v) is 5.99. The molecule has 2 rings (SSSR count). The molecule has 1 atom stereocenters. The van der Waals surface area contributed by atoms with Crippen molar-refractivity contribution in [2.45, 2.75) is 10.3 Å². The fourth-order valence-electron chi connectivity index (χ4n) is 1.40. The Morgan fingerprint density at radius 2 is 2.31 bits per heavy atom. The average Bonchev–Trinajstić information content (AvgIpc) is 2.12. The molecule has 1 aromatic rings. The van der Waals surface area contributed by atoms with Crippen LogP contribution in [0, 0.1) is 5.82 Å². The largest absolute Gasteiger partial charge is 0.492 e. The highest BCUT2D eigenvalue weighted by atomic mass is 127. The first kappa shape index (κ1) is 9.71. The first-order chi connectivity index (χ1) is 6.20. The Morgan fingerprint density at radius 1 is 1.54 bits per heavy atom. The zero-order chi connectivity index (χ0) is 9.42. The van der Waals surface area contributed by atoms with Gasteiger partial charge in [0, 0.05) is 9.49 Å². The lowest BCUT2D eigenvalue weighted by molar-refractivity contribution is 0.283. The molecule has 4 heteroatoms. The highest BCUT2D eigenvalue weighted by Gasteiger charge is 2.24. The van der Waals surface area contributed by atoms with Gasteiger partial charge in [-0.25, -0.2) is 4.39 Å². The summed E-state index contributed by atoms with van der Waals surface area (Å²) >= 11 is 5.60. The summed E-state index contributed by atoms with van der Waals surface area (Å²) in [7, 11) is 0. The topological polar surface area (TPSA) is 9.23 Å². The van der Waals surface area contributed by atoms with E-state index in [0.29, 0.717) is 17.9 Å². The van der Waals surface area contributed by atoms with Crippen molar-refractivity contribution in [3.8, 4) is 5.75 Å². The van der Waals surface area contributed by atoms with Crippen LogP contribution in [0.1, 0.15) is 15.9 Å². The zero-order valence-electron chi connectivity index (χ0n) is 6.69. The third-order valence-corrected chi connectivity index (χ3v) is 3.90. The number of halogens is 3. The van der Waals surface area contributed by atoms with Crippen LogP contribution in [0.4, 0.5) is 4.39 Å².